The number of thiophene rings is 1. The summed E-state index contributed by atoms with van der Waals surface area (Å²) in [5.74, 6) is 0. The first kappa shape index (κ1) is 6.74. The molecule has 10 heavy (non-hydrogen) atoms. The Morgan fingerprint density at radius 3 is 2.90 bits per heavy atom. The number of hydrogen-bond acceptors (Lipinski definition) is 2. The van der Waals surface area contributed by atoms with Crippen LogP contribution in [-0.4, -0.2) is 0 Å². The van der Waals surface area contributed by atoms with Gasteiger partial charge in [-0.05, 0) is 37.3 Å². The minimum Gasteiger partial charge on any atom is -0.134 e. The molecule has 0 atom stereocenters. The maximum Gasteiger partial charge on any atom is 0.0573 e. The molecule has 0 aromatic carbocycles. The van der Waals surface area contributed by atoms with Crippen LogP contribution in [0.5, 0.6) is 0 Å². The van der Waals surface area contributed by atoms with Crippen LogP contribution in [0.3, 0.4) is 0 Å². The Balaban J connectivity index is 2.41. The molecule has 54 valence electrons. The molecule has 0 saturated heterocycles. The third-order valence-electron chi connectivity index (χ3n) is 1.98. The summed E-state index contributed by atoms with van der Waals surface area (Å²) in [5.41, 5.74) is 1.56. The number of thiol groups is 1. The Hall–Kier alpha value is 0.0500. The van der Waals surface area contributed by atoms with E-state index < -0.39 is 0 Å². The van der Waals surface area contributed by atoms with Crippen molar-refractivity contribution in [2.45, 2.75) is 29.9 Å². The predicted molar refractivity (Wildman–Crippen MR) is 48.2 cm³/mol. The molecule has 2 rings (SSSR count). The second-order valence-electron chi connectivity index (χ2n) is 2.74. The van der Waals surface area contributed by atoms with Gasteiger partial charge < -0.3 is 0 Å². The van der Waals surface area contributed by atoms with Crippen molar-refractivity contribution in [2.75, 3.05) is 0 Å². The van der Waals surface area contributed by atoms with Crippen molar-refractivity contribution in [1.29, 1.82) is 0 Å². The fraction of sp³-hybridized carbons (Fsp3) is 0.500. The molecule has 1 aromatic heterocycles. The van der Waals surface area contributed by atoms with Crippen molar-refractivity contribution >= 4 is 24.0 Å². The van der Waals surface area contributed by atoms with Gasteiger partial charge in [-0.15, -0.1) is 24.0 Å². The predicted octanol–water partition coefficient (Wildman–Crippen LogP) is 2.92. The highest BCUT2D eigenvalue weighted by molar-refractivity contribution is 7.82. The molecule has 0 amide bonds. The molecule has 0 aliphatic heterocycles. The van der Waals surface area contributed by atoms with E-state index in [4.69, 9.17) is 0 Å². The van der Waals surface area contributed by atoms with E-state index >= 15 is 0 Å². The van der Waals surface area contributed by atoms with Crippen molar-refractivity contribution < 1.29 is 0 Å². The molecule has 0 unspecified atom stereocenters. The zero-order chi connectivity index (χ0) is 6.97. The lowest BCUT2D eigenvalue weighted by molar-refractivity contribution is 0.697. The molecule has 0 N–H and O–H groups in total. The third kappa shape index (κ3) is 1.10. The molecule has 2 heteroatoms. The van der Waals surface area contributed by atoms with Crippen molar-refractivity contribution in [2.24, 2.45) is 0 Å². The van der Waals surface area contributed by atoms with E-state index in [0.717, 1.165) is 0 Å². The van der Waals surface area contributed by atoms with Crippen LogP contribution >= 0.6 is 24.0 Å². The van der Waals surface area contributed by atoms with E-state index in [1.165, 1.54) is 29.9 Å². The van der Waals surface area contributed by atoms with Gasteiger partial charge in [0, 0.05) is 4.88 Å². The van der Waals surface area contributed by atoms with E-state index in [1.54, 1.807) is 10.4 Å². The highest BCUT2D eigenvalue weighted by Crippen LogP contribution is 2.31. The van der Waals surface area contributed by atoms with E-state index in [0.29, 0.717) is 0 Å². The standard InChI is InChI=1S/C8H10S2/c9-8-5-6-3-1-2-4-7(6)10-8/h5,9H,1-4H2. The lowest BCUT2D eigenvalue weighted by atomic mass is 10.00. The van der Waals surface area contributed by atoms with Gasteiger partial charge in [0.2, 0.25) is 0 Å². The second kappa shape index (κ2) is 2.59. The summed E-state index contributed by atoms with van der Waals surface area (Å²) in [6.07, 6.45) is 5.32. The van der Waals surface area contributed by atoms with Crippen molar-refractivity contribution in [3.05, 3.63) is 16.5 Å². The first-order chi connectivity index (χ1) is 4.86. The zero-order valence-electron chi connectivity index (χ0n) is 5.76. The lowest BCUT2D eigenvalue weighted by Gasteiger charge is -2.08. The van der Waals surface area contributed by atoms with Crippen LogP contribution in [0.2, 0.25) is 0 Å². The minimum atomic E-state index is 1.19. The molecule has 0 radical (unpaired) electrons. The smallest absolute Gasteiger partial charge is 0.0573 e. The molecule has 0 spiro atoms. The average Bonchev–Trinajstić information content (AvgIpc) is 2.27. The Labute approximate surface area is 70.7 Å². The third-order valence-corrected chi connectivity index (χ3v) is 3.43. The van der Waals surface area contributed by atoms with Gasteiger partial charge in [-0.2, -0.15) is 0 Å². The van der Waals surface area contributed by atoms with Gasteiger partial charge in [0.1, 0.15) is 0 Å². The SMILES string of the molecule is Sc1cc2c(s1)CCCC2. The van der Waals surface area contributed by atoms with Gasteiger partial charge in [0.15, 0.2) is 0 Å². The van der Waals surface area contributed by atoms with Crippen LogP contribution < -0.4 is 0 Å². The van der Waals surface area contributed by atoms with Crippen LogP contribution in [0.1, 0.15) is 23.3 Å². The van der Waals surface area contributed by atoms with Crippen molar-refractivity contribution in [1.82, 2.24) is 0 Å². The molecular formula is C8H10S2. The first-order valence-corrected chi connectivity index (χ1v) is 4.93. The molecule has 1 heterocycles. The summed E-state index contributed by atoms with van der Waals surface area (Å²) >= 11 is 6.18. The normalized spacial score (nSPS) is 16.9. The number of rotatable bonds is 0. The summed E-state index contributed by atoms with van der Waals surface area (Å²) < 4.78 is 1.19. The first-order valence-electron chi connectivity index (χ1n) is 3.67. The molecular weight excluding hydrogens is 160 g/mol. The molecule has 1 aliphatic carbocycles. The Kier molecular flexibility index (Phi) is 1.75. The second-order valence-corrected chi connectivity index (χ2v) is 4.66. The molecule has 1 aromatic rings. The zero-order valence-corrected chi connectivity index (χ0v) is 7.47. The summed E-state index contributed by atoms with van der Waals surface area (Å²) in [6, 6.07) is 2.22. The van der Waals surface area contributed by atoms with Crippen molar-refractivity contribution in [3.8, 4) is 0 Å². The van der Waals surface area contributed by atoms with E-state index in [2.05, 4.69) is 18.7 Å². The van der Waals surface area contributed by atoms with Crippen molar-refractivity contribution in [3.63, 3.8) is 0 Å². The quantitative estimate of drug-likeness (QED) is 0.569. The molecule has 0 nitrogen and oxygen atoms in total. The largest absolute Gasteiger partial charge is 0.134 e. The maximum atomic E-state index is 4.33. The summed E-state index contributed by atoms with van der Waals surface area (Å²) in [7, 11) is 0. The van der Waals surface area contributed by atoms with Crippen LogP contribution in [0.25, 0.3) is 0 Å². The van der Waals surface area contributed by atoms with E-state index in [9.17, 15) is 0 Å². The van der Waals surface area contributed by atoms with Gasteiger partial charge in [-0.25, -0.2) is 0 Å². The Morgan fingerprint density at radius 1 is 1.30 bits per heavy atom. The van der Waals surface area contributed by atoms with Gasteiger partial charge in [0.05, 0.1) is 4.21 Å². The highest BCUT2D eigenvalue weighted by Gasteiger charge is 2.11. The fourth-order valence-electron chi connectivity index (χ4n) is 1.47. The lowest BCUT2D eigenvalue weighted by Crippen LogP contribution is -1.96. The van der Waals surface area contributed by atoms with Crippen LogP contribution in [-0.2, 0) is 12.8 Å². The van der Waals surface area contributed by atoms with Gasteiger partial charge >= 0.3 is 0 Å². The maximum absolute atomic E-state index is 4.33. The summed E-state index contributed by atoms with van der Waals surface area (Å²) in [4.78, 5) is 1.58. The topological polar surface area (TPSA) is 0 Å². The fourth-order valence-corrected chi connectivity index (χ4v) is 2.95. The van der Waals surface area contributed by atoms with E-state index in [-0.39, 0.29) is 0 Å². The Morgan fingerprint density at radius 2 is 2.10 bits per heavy atom. The molecule has 1 aliphatic rings. The molecule has 0 saturated carbocycles. The van der Waals surface area contributed by atoms with Gasteiger partial charge in [0.25, 0.3) is 0 Å². The average molecular weight is 170 g/mol. The monoisotopic (exact) mass is 170 g/mol. The molecule has 0 fully saturated rings. The van der Waals surface area contributed by atoms with Gasteiger partial charge in [-0.1, -0.05) is 0 Å². The number of fused-ring (bicyclic) bond motifs is 1. The number of aryl methyl sites for hydroxylation is 2. The minimum absolute atomic E-state index is 1.19. The van der Waals surface area contributed by atoms with Gasteiger partial charge in [-0.3, -0.25) is 0 Å². The Bertz CT molecular complexity index is 214. The number of hydrogen-bond donors (Lipinski definition) is 1. The van der Waals surface area contributed by atoms with Crippen LogP contribution in [0.15, 0.2) is 10.3 Å². The molecule has 0 bridgehead atoms. The van der Waals surface area contributed by atoms with Crippen LogP contribution in [0.4, 0.5) is 0 Å². The van der Waals surface area contributed by atoms with Crippen LogP contribution in [0, 0.1) is 0 Å². The summed E-state index contributed by atoms with van der Waals surface area (Å²) in [6.45, 7) is 0. The summed E-state index contributed by atoms with van der Waals surface area (Å²) in [5, 5.41) is 0. The van der Waals surface area contributed by atoms with E-state index in [1.807, 2.05) is 11.3 Å². The highest BCUT2D eigenvalue weighted by atomic mass is 32.2.